The molecule has 0 aliphatic carbocycles. The first-order valence-electron chi connectivity index (χ1n) is 11.7. The van der Waals surface area contributed by atoms with Crippen molar-refractivity contribution in [3.8, 4) is 17.0 Å². The Morgan fingerprint density at radius 3 is 2.61 bits per heavy atom. The van der Waals surface area contributed by atoms with Crippen LogP contribution in [0.3, 0.4) is 0 Å². The van der Waals surface area contributed by atoms with Gasteiger partial charge >= 0.3 is 11.9 Å². The summed E-state index contributed by atoms with van der Waals surface area (Å²) in [5.74, 6) is 0.581. The number of alkyl halides is 3. The zero-order valence-corrected chi connectivity index (χ0v) is 19.7. The second-order valence-electron chi connectivity index (χ2n) is 9.04. The number of hydrogen-bond donors (Lipinski definition) is 0. The SMILES string of the molecule is Cc1ccc2c(c1)-c1nc(=O)n(CCC(=O)N3CCN(c4cccc(C(F)(F)F)c4)CC3)cc1CO2. The average molecular weight is 499 g/mol. The number of piperazine rings is 1. The summed E-state index contributed by atoms with van der Waals surface area (Å²) in [5.41, 5.74) is 2.60. The molecule has 0 N–H and O–H groups in total. The fourth-order valence-corrected chi connectivity index (χ4v) is 4.61. The fraction of sp³-hybridized carbons (Fsp3) is 0.346. The molecule has 0 radical (unpaired) electrons. The molecule has 1 aromatic heterocycles. The van der Waals surface area contributed by atoms with E-state index in [0.717, 1.165) is 28.8 Å². The van der Waals surface area contributed by atoms with Gasteiger partial charge in [0.05, 0.1) is 11.3 Å². The number of anilines is 1. The van der Waals surface area contributed by atoms with Crippen LogP contribution in [0.4, 0.5) is 18.9 Å². The summed E-state index contributed by atoms with van der Waals surface area (Å²) in [4.78, 5) is 33.3. The van der Waals surface area contributed by atoms with Gasteiger partial charge in [-0.05, 0) is 37.3 Å². The number of aryl methyl sites for hydroxylation is 2. The number of ether oxygens (including phenoxy) is 1. The third kappa shape index (κ3) is 4.80. The van der Waals surface area contributed by atoms with E-state index in [9.17, 15) is 22.8 Å². The van der Waals surface area contributed by atoms with Crippen LogP contribution >= 0.6 is 0 Å². The van der Waals surface area contributed by atoms with Crippen LogP contribution in [0.1, 0.15) is 23.1 Å². The number of nitrogens with zero attached hydrogens (tertiary/aromatic N) is 4. The molecule has 2 aromatic carbocycles. The van der Waals surface area contributed by atoms with Crippen LogP contribution in [0.2, 0.25) is 0 Å². The predicted octanol–water partition coefficient (Wildman–Crippen LogP) is 3.87. The zero-order chi connectivity index (χ0) is 25.4. The number of benzene rings is 2. The molecule has 5 rings (SSSR count). The first kappa shape index (κ1) is 23.9. The molecular formula is C26H25F3N4O3. The summed E-state index contributed by atoms with van der Waals surface area (Å²) < 4.78 is 46.3. The smallest absolute Gasteiger partial charge is 0.416 e. The highest BCUT2D eigenvalue weighted by molar-refractivity contribution is 5.76. The van der Waals surface area contributed by atoms with Crippen molar-refractivity contribution >= 4 is 11.6 Å². The summed E-state index contributed by atoms with van der Waals surface area (Å²) in [6.45, 7) is 4.11. The van der Waals surface area contributed by atoms with Crippen molar-refractivity contribution in [3.63, 3.8) is 0 Å². The Kier molecular flexibility index (Phi) is 6.19. The lowest BCUT2D eigenvalue weighted by Gasteiger charge is -2.36. The number of amides is 1. The summed E-state index contributed by atoms with van der Waals surface area (Å²) >= 11 is 0. The third-order valence-corrected chi connectivity index (χ3v) is 6.58. The first-order chi connectivity index (χ1) is 17.2. The quantitative estimate of drug-likeness (QED) is 0.547. The Labute approximate surface area is 205 Å². The lowest BCUT2D eigenvalue weighted by atomic mass is 10.0. The Bertz CT molecular complexity index is 1360. The number of carbonyl (C=O) groups is 1. The highest BCUT2D eigenvalue weighted by Gasteiger charge is 2.31. The van der Waals surface area contributed by atoms with E-state index in [1.807, 2.05) is 30.0 Å². The van der Waals surface area contributed by atoms with Gasteiger partial charge in [-0.2, -0.15) is 18.2 Å². The van der Waals surface area contributed by atoms with Crippen LogP contribution in [-0.2, 0) is 24.1 Å². The van der Waals surface area contributed by atoms with E-state index in [1.165, 1.54) is 10.6 Å². The molecule has 0 atom stereocenters. The van der Waals surface area contributed by atoms with Gasteiger partial charge in [-0.15, -0.1) is 0 Å². The molecule has 10 heteroatoms. The molecule has 1 saturated heterocycles. The van der Waals surface area contributed by atoms with Crippen molar-refractivity contribution in [1.29, 1.82) is 0 Å². The van der Waals surface area contributed by atoms with Gasteiger partial charge in [0, 0.05) is 62.2 Å². The normalized spacial score (nSPS) is 15.2. The molecule has 2 aliphatic rings. The van der Waals surface area contributed by atoms with Crippen molar-refractivity contribution < 1.29 is 22.7 Å². The van der Waals surface area contributed by atoms with Gasteiger partial charge in [0.1, 0.15) is 12.4 Å². The van der Waals surface area contributed by atoms with E-state index in [2.05, 4.69) is 4.98 Å². The maximum absolute atomic E-state index is 13.0. The Balaban J connectivity index is 1.21. The topological polar surface area (TPSA) is 67.7 Å². The van der Waals surface area contributed by atoms with Crippen LogP contribution in [-0.4, -0.2) is 46.5 Å². The summed E-state index contributed by atoms with van der Waals surface area (Å²) in [5, 5.41) is 0. The number of carbonyl (C=O) groups excluding carboxylic acids is 1. The molecule has 0 unspecified atom stereocenters. The maximum Gasteiger partial charge on any atom is 0.416 e. The van der Waals surface area contributed by atoms with Gasteiger partial charge in [-0.3, -0.25) is 9.36 Å². The number of hydrogen-bond acceptors (Lipinski definition) is 5. The average Bonchev–Trinajstić information content (AvgIpc) is 2.87. The summed E-state index contributed by atoms with van der Waals surface area (Å²) in [6.07, 6.45) is -2.57. The Morgan fingerprint density at radius 2 is 1.86 bits per heavy atom. The number of aromatic nitrogens is 2. The van der Waals surface area contributed by atoms with Crippen LogP contribution in [0.25, 0.3) is 11.3 Å². The molecule has 2 aliphatic heterocycles. The molecule has 36 heavy (non-hydrogen) atoms. The number of halogens is 3. The Hall–Kier alpha value is -3.82. The zero-order valence-electron chi connectivity index (χ0n) is 19.7. The van der Waals surface area contributed by atoms with E-state index in [-0.39, 0.29) is 18.9 Å². The molecule has 3 aromatic rings. The largest absolute Gasteiger partial charge is 0.488 e. The molecular weight excluding hydrogens is 473 g/mol. The minimum absolute atomic E-state index is 0.111. The van der Waals surface area contributed by atoms with Gasteiger partial charge in [0.2, 0.25) is 5.91 Å². The van der Waals surface area contributed by atoms with Gasteiger partial charge < -0.3 is 14.5 Å². The maximum atomic E-state index is 13.0. The van der Waals surface area contributed by atoms with Gasteiger partial charge in [-0.1, -0.05) is 17.7 Å². The second kappa shape index (κ2) is 9.33. The van der Waals surface area contributed by atoms with Crippen LogP contribution in [0.15, 0.2) is 53.5 Å². The van der Waals surface area contributed by atoms with Crippen molar-refractivity contribution in [2.24, 2.45) is 0 Å². The minimum Gasteiger partial charge on any atom is -0.488 e. The van der Waals surface area contributed by atoms with Crippen molar-refractivity contribution in [2.75, 3.05) is 31.1 Å². The molecule has 0 spiro atoms. The van der Waals surface area contributed by atoms with Crippen LogP contribution in [0.5, 0.6) is 5.75 Å². The second-order valence-corrected chi connectivity index (χ2v) is 9.04. The fourth-order valence-electron chi connectivity index (χ4n) is 4.61. The van der Waals surface area contributed by atoms with E-state index < -0.39 is 17.4 Å². The van der Waals surface area contributed by atoms with Crippen molar-refractivity contribution in [2.45, 2.75) is 32.7 Å². The van der Waals surface area contributed by atoms with Crippen LogP contribution < -0.4 is 15.3 Å². The molecule has 3 heterocycles. The van der Waals surface area contributed by atoms with E-state index in [0.29, 0.717) is 49.9 Å². The van der Waals surface area contributed by atoms with E-state index in [4.69, 9.17) is 4.74 Å². The molecule has 0 saturated carbocycles. The van der Waals surface area contributed by atoms with Crippen molar-refractivity contribution in [1.82, 2.24) is 14.5 Å². The number of rotatable bonds is 4. The predicted molar refractivity (Wildman–Crippen MR) is 128 cm³/mol. The standard InChI is InChI=1S/C26H25F3N4O3/c1-17-5-6-22-21(13-17)24-18(16-36-22)15-33(25(35)30-24)8-7-23(34)32-11-9-31(10-12-32)20-4-2-3-19(14-20)26(27,28)29/h2-6,13-15H,7-12,16H2,1H3. The van der Waals surface area contributed by atoms with E-state index in [1.54, 1.807) is 17.2 Å². The third-order valence-electron chi connectivity index (χ3n) is 6.58. The highest BCUT2D eigenvalue weighted by atomic mass is 19.4. The van der Waals surface area contributed by atoms with Crippen LogP contribution in [0, 0.1) is 6.92 Å². The van der Waals surface area contributed by atoms with E-state index >= 15 is 0 Å². The monoisotopic (exact) mass is 498 g/mol. The van der Waals surface area contributed by atoms with Gasteiger partial charge in [-0.25, -0.2) is 4.79 Å². The molecule has 1 amide bonds. The lowest BCUT2D eigenvalue weighted by molar-refractivity contribution is -0.137. The van der Waals surface area contributed by atoms with Gasteiger partial charge in [0.15, 0.2) is 0 Å². The molecule has 7 nitrogen and oxygen atoms in total. The summed E-state index contributed by atoms with van der Waals surface area (Å²) in [7, 11) is 0. The lowest BCUT2D eigenvalue weighted by Crippen LogP contribution is -2.49. The number of fused-ring (bicyclic) bond motifs is 3. The summed E-state index contributed by atoms with van der Waals surface area (Å²) in [6, 6.07) is 11.0. The van der Waals surface area contributed by atoms with Crippen molar-refractivity contribution in [3.05, 3.63) is 75.8 Å². The molecule has 0 bridgehead atoms. The minimum atomic E-state index is -4.40. The first-order valence-corrected chi connectivity index (χ1v) is 11.7. The molecule has 1 fully saturated rings. The van der Waals surface area contributed by atoms with Gasteiger partial charge in [0.25, 0.3) is 0 Å². The Morgan fingerprint density at radius 1 is 1.08 bits per heavy atom. The molecule has 188 valence electrons. The highest BCUT2D eigenvalue weighted by Crippen LogP contribution is 2.36.